The van der Waals surface area contributed by atoms with Crippen molar-refractivity contribution in [3.63, 3.8) is 0 Å². The van der Waals surface area contributed by atoms with Gasteiger partial charge in [-0.3, -0.25) is 4.98 Å². The van der Waals surface area contributed by atoms with Crippen LogP contribution in [0, 0.1) is 6.92 Å². The number of methoxy groups -OCH3 is 1. The van der Waals surface area contributed by atoms with Crippen LogP contribution in [0.25, 0.3) is 0 Å². The highest BCUT2D eigenvalue weighted by atomic mass is 79.9. The summed E-state index contributed by atoms with van der Waals surface area (Å²) in [5.74, 6) is 0.874. The van der Waals surface area contributed by atoms with Gasteiger partial charge in [-0.05, 0) is 43.7 Å². The summed E-state index contributed by atoms with van der Waals surface area (Å²) < 4.78 is 6.56. The molecule has 0 spiro atoms. The third-order valence-corrected chi connectivity index (χ3v) is 3.87. The summed E-state index contributed by atoms with van der Waals surface area (Å²) in [6, 6.07) is 10.4. The van der Waals surface area contributed by atoms with E-state index in [0.29, 0.717) is 0 Å². The topological polar surface area (TPSA) is 34.2 Å². The van der Waals surface area contributed by atoms with Gasteiger partial charge in [0.05, 0.1) is 13.2 Å². The van der Waals surface area contributed by atoms with Crippen LogP contribution in [0.3, 0.4) is 0 Å². The van der Waals surface area contributed by atoms with Crippen molar-refractivity contribution in [3.05, 3.63) is 57.8 Å². The Morgan fingerprint density at radius 1 is 1.29 bits per heavy atom. The zero-order valence-corrected chi connectivity index (χ0v) is 14.3. The summed E-state index contributed by atoms with van der Waals surface area (Å²) in [6.45, 7) is 5.10. The molecule has 0 fully saturated rings. The second-order valence-corrected chi connectivity index (χ2v) is 5.92. The second-order valence-electron chi connectivity index (χ2n) is 5.01. The third kappa shape index (κ3) is 4.05. The maximum Gasteiger partial charge on any atom is 0.125 e. The summed E-state index contributed by atoms with van der Waals surface area (Å²) in [5.41, 5.74) is 3.30. The molecule has 3 nitrogen and oxygen atoms in total. The van der Waals surface area contributed by atoms with Crippen molar-refractivity contribution in [1.29, 1.82) is 0 Å². The number of benzene rings is 1. The van der Waals surface area contributed by atoms with Crippen molar-refractivity contribution in [2.24, 2.45) is 0 Å². The zero-order chi connectivity index (χ0) is 15.2. The van der Waals surface area contributed by atoms with Crippen molar-refractivity contribution in [2.75, 3.05) is 13.7 Å². The van der Waals surface area contributed by atoms with Crippen molar-refractivity contribution in [2.45, 2.75) is 26.3 Å². The fourth-order valence-corrected chi connectivity index (χ4v) is 2.61. The number of halogens is 1. The van der Waals surface area contributed by atoms with Gasteiger partial charge in [0, 0.05) is 21.9 Å². The lowest BCUT2D eigenvalue weighted by Gasteiger charge is -2.22. The van der Waals surface area contributed by atoms with Crippen LogP contribution in [0.1, 0.15) is 36.2 Å². The van der Waals surface area contributed by atoms with E-state index in [4.69, 9.17) is 4.74 Å². The molecule has 0 radical (unpaired) electrons. The summed E-state index contributed by atoms with van der Waals surface area (Å²) in [4.78, 5) is 4.42. The number of aryl methyl sites for hydroxylation is 1. The van der Waals surface area contributed by atoms with Crippen LogP contribution < -0.4 is 10.1 Å². The van der Waals surface area contributed by atoms with Crippen LogP contribution in [0.4, 0.5) is 0 Å². The first-order chi connectivity index (χ1) is 10.2. The summed E-state index contributed by atoms with van der Waals surface area (Å²) in [6.07, 6.45) is 3.01. The first kappa shape index (κ1) is 16.0. The lowest BCUT2D eigenvalue weighted by Crippen LogP contribution is -2.24. The number of rotatable bonds is 6. The maximum absolute atomic E-state index is 5.54. The Hall–Kier alpha value is -1.39. The van der Waals surface area contributed by atoms with E-state index in [9.17, 15) is 0 Å². The predicted molar refractivity (Wildman–Crippen MR) is 89.8 cm³/mol. The highest BCUT2D eigenvalue weighted by Gasteiger charge is 2.18. The lowest BCUT2D eigenvalue weighted by molar-refractivity contribution is 0.403. The average Bonchev–Trinajstić information content (AvgIpc) is 2.50. The van der Waals surface area contributed by atoms with Crippen LogP contribution in [0.15, 0.2) is 41.0 Å². The SMILES string of the molecule is CCCNC(c1ccc(C)nc1)c1ccc(Br)cc1OC. The molecule has 1 heterocycles. The van der Waals surface area contributed by atoms with Gasteiger partial charge in [-0.1, -0.05) is 35.0 Å². The van der Waals surface area contributed by atoms with E-state index < -0.39 is 0 Å². The number of nitrogens with zero attached hydrogens (tertiary/aromatic N) is 1. The minimum absolute atomic E-state index is 0.0844. The minimum atomic E-state index is 0.0844. The molecule has 2 rings (SSSR count). The van der Waals surface area contributed by atoms with Gasteiger partial charge < -0.3 is 10.1 Å². The zero-order valence-electron chi connectivity index (χ0n) is 12.7. The molecule has 112 valence electrons. The van der Waals surface area contributed by atoms with Crippen molar-refractivity contribution in [1.82, 2.24) is 10.3 Å². The Balaban J connectivity index is 2.42. The van der Waals surface area contributed by atoms with Gasteiger partial charge in [0.25, 0.3) is 0 Å². The van der Waals surface area contributed by atoms with Crippen molar-refractivity contribution in [3.8, 4) is 5.75 Å². The van der Waals surface area contributed by atoms with Gasteiger partial charge in [-0.15, -0.1) is 0 Å². The van der Waals surface area contributed by atoms with Gasteiger partial charge in [0.2, 0.25) is 0 Å². The monoisotopic (exact) mass is 348 g/mol. The number of nitrogens with one attached hydrogen (secondary N) is 1. The standard InChI is InChI=1S/C17H21BrN2O/c1-4-9-19-17(13-6-5-12(2)20-11-13)15-8-7-14(18)10-16(15)21-3/h5-8,10-11,17,19H,4,9H2,1-3H3. The van der Waals surface area contributed by atoms with E-state index in [1.54, 1.807) is 7.11 Å². The molecule has 1 aromatic carbocycles. The Kier molecular flexibility index (Phi) is 5.76. The van der Waals surface area contributed by atoms with Crippen molar-refractivity contribution >= 4 is 15.9 Å². The summed E-state index contributed by atoms with van der Waals surface area (Å²) in [5, 5.41) is 3.58. The normalized spacial score (nSPS) is 12.2. The fourth-order valence-electron chi connectivity index (χ4n) is 2.27. The maximum atomic E-state index is 5.54. The molecule has 0 aliphatic carbocycles. The largest absolute Gasteiger partial charge is 0.496 e. The Labute approximate surface area is 134 Å². The van der Waals surface area contributed by atoms with Crippen LogP contribution in [0.2, 0.25) is 0 Å². The van der Waals surface area contributed by atoms with E-state index in [1.807, 2.05) is 31.3 Å². The Morgan fingerprint density at radius 3 is 2.71 bits per heavy atom. The van der Waals surface area contributed by atoms with E-state index in [1.165, 1.54) is 0 Å². The van der Waals surface area contributed by atoms with Crippen LogP contribution in [0.5, 0.6) is 5.75 Å². The van der Waals surface area contributed by atoms with E-state index in [2.05, 4.69) is 45.3 Å². The number of ether oxygens (including phenoxy) is 1. The molecule has 0 aliphatic rings. The fraction of sp³-hybridized carbons (Fsp3) is 0.353. The predicted octanol–water partition coefficient (Wildman–Crippen LogP) is 4.25. The van der Waals surface area contributed by atoms with Gasteiger partial charge in [-0.25, -0.2) is 0 Å². The Bertz CT molecular complexity index is 584. The molecule has 1 atom stereocenters. The Morgan fingerprint density at radius 2 is 2.10 bits per heavy atom. The molecule has 4 heteroatoms. The van der Waals surface area contributed by atoms with Crippen molar-refractivity contribution < 1.29 is 4.74 Å². The molecule has 1 aromatic heterocycles. The first-order valence-electron chi connectivity index (χ1n) is 7.15. The molecule has 21 heavy (non-hydrogen) atoms. The molecule has 0 saturated heterocycles. The third-order valence-electron chi connectivity index (χ3n) is 3.37. The minimum Gasteiger partial charge on any atom is -0.496 e. The quantitative estimate of drug-likeness (QED) is 0.847. The van der Waals surface area contributed by atoms with Crippen LogP contribution >= 0.6 is 15.9 Å². The highest BCUT2D eigenvalue weighted by molar-refractivity contribution is 9.10. The number of pyridine rings is 1. The first-order valence-corrected chi connectivity index (χ1v) is 7.94. The van der Waals surface area contributed by atoms with E-state index >= 15 is 0 Å². The smallest absolute Gasteiger partial charge is 0.125 e. The molecule has 0 amide bonds. The highest BCUT2D eigenvalue weighted by Crippen LogP contribution is 2.32. The lowest BCUT2D eigenvalue weighted by atomic mass is 9.98. The molecule has 2 aromatic rings. The number of hydrogen-bond acceptors (Lipinski definition) is 3. The molecule has 1 unspecified atom stereocenters. The van der Waals surface area contributed by atoms with Gasteiger partial charge >= 0.3 is 0 Å². The second kappa shape index (κ2) is 7.57. The van der Waals surface area contributed by atoms with E-state index in [-0.39, 0.29) is 6.04 Å². The molecule has 0 aliphatic heterocycles. The summed E-state index contributed by atoms with van der Waals surface area (Å²) in [7, 11) is 1.70. The van der Waals surface area contributed by atoms with Gasteiger partial charge in [0.15, 0.2) is 0 Å². The molecule has 1 N–H and O–H groups in total. The number of hydrogen-bond donors (Lipinski definition) is 1. The van der Waals surface area contributed by atoms with Gasteiger partial charge in [-0.2, -0.15) is 0 Å². The molecular formula is C17H21BrN2O. The molecule has 0 saturated carbocycles. The molecule has 0 bridgehead atoms. The van der Waals surface area contributed by atoms with E-state index in [0.717, 1.165) is 40.0 Å². The number of aromatic nitrogens is 1. The summed E-state index contributed by atoms with van der Waals surface area (Å²) >= 11 is 3.49. The van der Waals surface area contributed by atoms with Crippen LogP contribution in [-0.4, -0.2) is 18.6 Å². The molecular weight excluding hydrogens is 328 g/mol. The van der Waals surface area contributed by atoms with Gasteiger partial charge in [0.1, 0.15) is 5.75 Å². The van der Waals surface area contributed by atoms with Crippen LogP contribution in [-0.2, 0) is 0 Å². The average molecular weight is 349 g/mol.